The Balaban J connectivity index is 1.20. The predicted octanol–water partition coefficient (Wildman–Crippen LogP) is 5.57. The molecule has 6 rings (SSSR count). The molecule has 3 aliphatic rings. The molecule has 0 unspecified atom stereocenters. The van der Waals surface area contributed by atoms with Gasteiger partial charge in [0.2, 0.25) is 0 Å². The first-order valence-corrected chi connectivity index (χ1v) is 13.1. The number of imidazole rings is 1. The maximum atomic E-state index is 4.87. The van der Waals surface area contributed by atoms with Gasteiger partial charge in [0.05, 0.1) is 11.0 Å². The normalized spacial score (nSPS) is 27.9. The summed E-state index contributed by atoms with van der Waals surface area (Å²) < 4.78 is 2.56. The Kier molecular flexibility index (Phi) is 5.54. The molecule has 0 saturated carbocycles. The second-order valence-electron chi connectivity index (χ2n) is 11.0. The molecule has 1 aromatic heterocycles. The van der Waals surface area contributed by atoms with E-state index in [-0.39, 0.29) is 0 Å². The first-order chi connectivity index (χ1) is 16.1. The minimum absolute atomic E-state index is 0.348. The van der Waals surface area contributed by atoms with Crippen molar-refractivity contribution in [2.45, 2.75) is 75.4 Å². The van der Waals surface area contributed by atoms with E-state index in [4.69, 9.17) is 4.98 Å². The monoisotopic (exact) mass is 442 g/mol. The van der Waals surface area contributed by atoms with Gasteiger partial charge in [-0.3, -0.25) is 4.90 Å². The summed E-state index contributed by atoms with van der Waals surface area (Å²) in [5, 5.41) is 0. The van der Waals surface area contributed by atoms with Crippen LogP contribution in [-0.4, -0.2) is 58.1 Å². The molecule has 2 aromatic carbocycles. The van der Waals surface area contributed by atoms with Crippen LogP contribution < -0.4 is 0 Å². The van der Waals surface area contributed by atoms with Crippen molar-refractivity contribution in [3.63, 3.8) is 0 Å². The van der Waals surface area contributed by atoms with E-state index < -0.39 is 0 Å². The number of aryl methyl sites for hydroxylation is 1. The summed E-state index contributed by atoms with van der Waals surface area (Å²) in [6.07, 6.45) is 9.17. The number of rotatable bonds is 5. The third-order valence-corrected chi connectivity index (χ3v) is 9.18. The van der Waals surface area contributed by atoms with Crippen LogP contribution in [0.15, 0.2) is 54.6 Å². The first-order valence-electron chi connectivity index (χ1n) is 13.1. The van der Waals surface area contributed by atoms with E-state index >= 15 is 0 Å². The van der Waals surface area contributed by atoms with Crippen molar-refractivity contribution >= 4 is 11.0 Å². The van der Waals surface area contributed by atoms with Crippen molar-refractivity contribution in [3.05, 3.63) is 66.0 Å². The largest absolute Gasteiger partial charge is 0.325 e. The van der Waals surface area contributed by atoms with Crippen LogP contribution in [0.1, 0.15) is 62.4 Å². The van der Waals surface area contributed by atoms with Crippen molar-refractivity contribution in [1.29, 1.82) is 0 Å². The average Bonchev–Trinajstić information content (AvgIpc) is 3.30. The van der Waals surface area contributed by atoms with Crippen LogP contribution in [-0.2, 0) is 5.41 Å². The van der Waals surface area contributed by atoms with Crippen molar-refractivity contribution in [2.24, 2.45) is 0 Å². The molecule has 4 heterocycles. The second-order valence-corrected chi connectivity index (χ2v) is 11.0. The second kappa shape index (κ2) is 8.56. The topological polar surface area (TPSA) is 24.3 Å². The highest BCUT2D eigenvalue weighted by Crippen LogP contribution is 2.44. The number of benzene rings is 2. The van der Waals surface area contributed by atoms with Gasteiger partial charge in [0, 0.05) is 18.1 Å². The van der Waals surface area contributed by atoms with Gasteiger partial charge < -0.3 is 9.47 Å². The van der Waals surface area contributed by atoms with Crippen molar-refractivity contribution in [2.75, 3.05) is 26.7 Å². The van der Waals surface area contributed by atoms with Gasteiger partial charge in [-0.2, -0.15) is 0 Å². The molecule has 4 nitrogen and oxygen atoms in total. The first kappa shape index (κ1) is 21.4. The van der Waals surface area contributed by atoms with E-state index in [2.05, 4.69) is 82.9 Å². The highest BCUT2D eigenvalue weighted by atomic mass is 15.2. The van der Waals surface area contributed by atoms with Crippen LogP contribution >= 0.6 is 0 Å². The number of para-hydroxylation sites is 2. The molecule has 3 aliphatic heterocycles. The fourth-order valence-electron chi connectivity index (χ4n) is 7.31. The minimum Gasteiger partial charge on any atom is -0.325 e. The lowest BCUT2D eigenvalue weighted by Crippen LogP contribution is -2.47. The molecule has 3 saturated heterocycles. The van der Waals surface area contributed by atoms with Gasteiger partial charge in [-0.25, -0.2) is 4.98 Å². The number of hydrogen-bond donors (Lipinski definition) is 0. The summed E-state index contributed by atoms with van der Waals surface area (Å²) in [7, 11) is 2.28. The Bertz CT molecular complexity index is 1080. The van der Waals surface area contributed by atoms with Gasteiger partial charge in [-0.1, -0.05) is 42.5 Å². The Morgan fingerprint density at radius 2 is 1.55 bits per heavy atom. The van der Waals surface area contributed by atoms with Crippen LogP contribution in [0.5, 0.6) is 0 Å². The fraction of sp³-hybridized carbons (Fsp3) is 0.552. The van der Waals surface area contributed by atoms with E-state index in [9.17, 15) is 0 Å². The third-order valence-electron chi connectivity index (χ3n) is 9.18. The molecule has 33 heavy (non-hydrogen) atoms. The maximum absolute atomic E-state index is 4.87. The lowest BCUT2D eigenvalue weighted by atomic mass is 9.70. The number of likely N-dealkylation sites (tertiary alicyclic amines) is 1. The van der Waals surface area contributed by atoms with Crippen LogP contribution in [0.2, 0.25) is 0 Å². The molecule has 3 atom stereocenters. The highest BCUT2D eigenvalue weighted by molar-refractivity contribution is 5.76. The van der Waals surface area contributed by atoms with Crippen LogP contribution in [0, 0.1) is 6.92 Å². The Labute approximate surface area is 198 Å². The number of aromatic nitrogens is 2. The third kappa shape index (κ3) is 3.81. The Morgan fingerprint density at radius 1 is 0.879 bits per heavy atom. The maximum Gasteiger partial charge on any atom is 0.106 e. The standard InChI is InChI=1S/C29H38N4/c1-22-30-27-10-6-7-11-28(27)33(22)26-20-24-12-13-25(21-26)32(24)19-16-29(14-17-31(2)18-15-29)23-8-4-3-5-9-23/h3-11,24-26H,12-21H2,1-2H3/t24-,25+,26+. The van der Waals surface area contributed by atoms with Crippen LogP contribution in [0.25, 0.3) is 11.0 Å². The van der Waals surface area contributed by atoms with Gasteiger partial charge in [-0.05, 0) is 102 Å². The molecule has 0 spiro atoms. The lowest BCUT2D eigenvalue weighted by Gasteiger charge is -2.45. The summed E-state index contributed by atoms with van der Waals surface area (Å²) in [5.41, 5.74) is 4.39. The number of hydrogen-bond acceptors (Lipinski definition) is 3. The number of fused-ring (bicyclic) bond motifs is 3. The molecule has 174 valence electrons. The molecular weight excluding hydrogens is 404 g/mol. The summed E-state index contributed by atoms with van der Waals surface area (Å²) in [4.78, 5) is 10.3. The summed E-state index contributed by atoms with van der Waals surface area (Å²) in [5.74, 6) is 1.18. The van der Waals surface area contributed by atoms with E-state index in [0.717, 1.165) is 17.6 Å². The highest BCUT2D eigenvalue weighted by Gasteiger charge is 2.43. The summed E-state index contributed by atoms with van der Waals surface area (Å²) in [6, 6.07) is 22.2. The molecule has 0 amide bonds. The van der Waals surface area contributed by atoms with Gasteiger partial charge >= 0.3 is 0 Å². The smallest absolute Gasteiger partial charge is 0.106 e. The molecule has 4 heteroatoms. The van der Waals surface area contributed by atoms with E-state index in [1.54, 1.807) is 5.56 Å². The quantitative estimate of drug-likeness (QED) is 0.516. The molecule has 0 radical (unpaired) electrons. The summed E-state index contributed by atoms with van der Waals surface area (Å²) in [6.45, 7) is 5.88. The zero-order valence-electron chi connectivity index (χ0n) is 20.3. The Hall–Kier alpha value is -2.17. The molecule has 3 fully saturated rings. The zero-order chi connectivity index (χ0) is 22.4. The van der Waals surface area contributed by atoms with Crippen molar-refractivity contribution in [3.8, 4) is 0 Å². The molecule has 2 bridgehead atoms. The van der Waals surface area contributed by atoms with E-state index in [1.165, 1.54) is 75.9 Å². The summed E-state index contributed by atoms with van der Waals surface area (Å²) >= 11 is 0. The lowest BCUT2D eigenvalue weighted by molar-refractivity contribution is 0.0857. The van der Waals surface area contributed by atoms with Crippen molar-refractivity contribution in [1.82, 2.24) is 19.4 Å². The minimum atomic E-state index is 0.348. The molecule has 0 N–H and O–H groups in total. The van der Waals surface area contributed by atoms with E-state index in [1.807, 2.05) is 0 Å². The van der Waals surface area contributed by atoms with Crippen LogP contribution in [0.3, 0.4) is 0 Å². The van der Waals surface area contributed by atoms with Crippen molar-refractivity contribution < 1.29 is 0 Å². The molecular formula is C29H38N4. The fourth-order valence-corrected chi connectivity index (χ4v) is 7.31. The average molecular weight is 443 g/mol. The molecule has 3 aromatic rings. The SMILES string of the molecule is Cc1nc2ccccc2n1[C@H]1C[C@H]2CC[C@@H](C1)N2CCC1(c2ccccc2)CCN(C)CC1. The Morgan fingerprint density at radius 3 is 2.27 bits per heavy atom. The van der Waals surface area contributed by atoms with Gasteiger partial charge in [0.25, 0.3) is 0 Å². The number of piperidine rings is 2. The van der Waals surface area contributed by atoms with Gasteiger partial charge in [0.1, 0.15) is 5.82 Å². The van der Waals surface area contributed by atoms with Gasteiger partial charge in [0.15, 0.2) is 0 Å². The number of nitrogens with zero attached hydrogens (tertiary/aromatic N) is 4. The van der Waals surface area contributed by atoms with E-state index in [0.29, 0.717) is 11.5 Å². The zero-order valence-corrected chi connectivity index (χ0v) is 20.3. The van der Waals surface area contributed by atoms with Gasteiger partial charge in [-0.15, -0.1) is 0 Å². The molecule has 0 aliphatic carbocycles. The van der Waals surface area contributed by atoms with Crippen LogP contribution in [0.4, 0.5) is 0 Å². The predicted molar refractivity (Wildman–Crippen MR) is 136 cm³/mol.